The first-order chi connectivity index (χ1) is 9.24. The van der Waals surface area contributed by atoms with Gasteiger partial charge in [-0.3, -0.25) is 0 Å². The van der Waals surface area contributed by atoms with E-state index in [2.05, 4.69) is 0 Å². The van der Waals surface area contributed by atoms with E-state index < -0.39 is 12.7 Å². The van der Waals surface area contributed by atoms with Gasteiger partial charge in [-0.2, -0.15) is 0 Å². The van der Waals surface area contributed by atoms with Crippen molar-refractivity contribution in [2.75, 3.05) is 12.0 Å². The SMILES string of the molecule is COC(C(F)F)N(c1ccccc1)c1ccccc1. The van der Waals surface area contributed by atoms with Crippen LogP contribution < -0.4 is 4.90 Å². The first kappa shape index (κ1) is 13.5. The number of halogens is 2. The van der Waals surface area contributed by atoms with Gasteiger partial charge in [0.15, 0.2) is 6.23 Å². The van der Waals surface area contributed by atoms with Gasteiger partial charge in [0.2, 0.25) is 0 Å². The van der Waals surface area contributed by atoms with E-state index in [4.69, 9.17) is 4.74 Å². The molecule has 0 amide bonds. The number of alkyl halides is 2. The minimum atomic E-state index is -2.61. The number of hydrogen-bond donors (Lipinski definition) is 0. The average Bonchev–Trinajstić information content (AvgIpc) is 2.46. The van der Waals surface area contributed by atoms with Crippen LogP contribution in [-0.2, 0) is 4.74 Å². The number of nitrogens with zero attached hydrogens (tertiary/aromatic N) is 1. The molecule has 0 saturated carbocycles. The molecular formula is C15H15F2NO. The van der Waals surface area contributed by atoms with Crippen LogP contribution in [0.2, 0.25) is 0 Å². The second-order valence-corrected chi connectivity index (χ2v) is 4.00. The number of methoxy groups -OCH3 is 1. The van der Waals surface area contributed by atoms with Crippen molar-refractivity contribution in [2.24, 2.45) is 0 Å². The molecule has 0 spiro atoms. The summed E-state index contributed by atoms with van der Waals surface area (Å²) in [5.74, 6) is 0. The monoisotopic (exact) mass is 263 g/mol. The fourth-order valence-corrected chi connectivity index (χ4v) is 1.94. The molecule has 0 aliphatic carbocycles. The second-order valence-electron chi connectivity index (χ2n) is 4.00. The lowest BCUT2D eigenvalue weighted by molar-refractivity contribution is -0.0278. The molecule has 0 bridgehead atoms. The summed E-state index contributed by atoms with van der Waals surface area (Å²) in [6.07, 6.45) is -3.92. The van der Waals surface area contributed by atoms with Crippen LogP contribution in [0, 0.1) is 0 Å². The molecule has 4 heteroatoms. The van der Waals surface area contributed by atoms with Gasteiger partial charge in [-0.25, -0.2) is 8.78 Å². The van der Waals surface area contributed by atoms with Crippen molar-refractivity contribution in [3.8, 4) is 0 Å². The fraction of sp³-hybridized carbons (Fsp3) is 0.200. The summed E-state index contributed by atoms with van der Waals surface area (Å²) < 4.78 is 31.3. The third-order valence-corrected chi connectivity index (χ3v) is 2.78. The van der Waals surface area contributed by atoms with Gasteiger partial charge in [0, 0.05) is 18.5 Å². The summed E-state index contributed by atoms with van der Waals surface area (Å²) in [6, 6.07) is 18.0. The molecule has 2 rings (SSSR count). The molecule has 100 valence electrons. The molecule has 2 aromatic carbocycles. The van der Waals surface area contributed by atoms with Crippen molar-refractivity contribution in [1.29, 1.82) is 0 Å². The van der Waals surface area contributed by atoms with Crippen LogP contribution in [0.4, 0.5) is 20.2 Å². The molecular weight excluding hydrogens is 248 g/mol. The zero-order valence-electron chi connectivity index (χ0n) is 10.5. The van der Waals surface area contributed by atoms with Crippen LogP contribution in [0.15, 0.2) is 60.7 Å². The van der Waals surface area contributed by atoms with Crippen LogP contribution >= 0.6 is 0 Å². The molecule has 0 aliphatic heterocycles. The molecule has 0 saturated heterocycles. The van der Waals surface area contributed by atoms with Crippen molar-refractivity contribution < 1.29 is 13.5 Å². The zero-order chi connectivity index (χ0) is 13.7. The molecule has 0 heterocycles. The lowest BCUT2D eigenvalue weighted by Crippen LogP contribution is -2.38. The van der Waals surface area contributed by atoms with Crippen molar-refractivity contribution >= 4 is 11.4 Å². The molecule has 0 aliphatic rings. The Kier molecular flexibility index (Phi) is 4.47. The number of benzene rings is 2. The highest BCUT2D eigenvalue weighted by Crippen LogP contribution is 2.30. The maximum absolute atomic E-state index is 13.2. The Morgan fingerprint density at radius 1 is 0.842 bits per heavy atom. The highest BCUT2D eigenvalue weighted by molar-refractivity contribution is 5.63. The van der Waals surface area contributed by atoms with Crippen LogP contribution in [0.1, 0.15) is 0 Å². The Labute approximate surface area is 111 Å². The first-order valence-corrected chi connectivity index (χ1v) is 5.94. The van der Waals surface area contributed by atoms with Crippen molar-refractivity contribution in [3.05, 3.63) is 60.7 Å². The lowest BCUT2D eigenvalue weighted by atomic mass is 10.2. The quantitative estimate of drug-likeness (QED) is 0.754. The zero-order valence-corrected chi connectivity index (χ0v) is 10.5. The average molecular weight is 263 g/mol. The third-order valence-electron chi connectivity index (χ3n) is 2.78. The summed E-state index contributed by atoms with van der Waals surface area (Å²) in [6.45, 7) is 0. The van der Waals surface area contributed by atoms with Gasteiger partial charge in [0.05, 0.1) is 0 Å². The van der Waals surface area contributed by atoms with Gasteiger partial charge < -0.3 is 9.64 Å². The van der Waals surface area contributed by atoms with Gasteiger partial charge in [-0.1, -0.05) is 36.4 Å². The van der Waals surface area contributed by atoms with Gasteiger partial charge >= 0.3 is 0 Å². The van der Waals surface area contributed by atoms with Crippen LogP contribution in [0.3, 0.4) is 0 Å². The van der Waals surface area contributed by atoms with E-state index in [1.807, 2.05) is 36.4 Å². The first-order valence-electron chi connectivity index (χ1n) is 5.94. The minimum Gasteiger partial charge on any atom is -0.355 e. The normalized spacial score (nSPS) is 12.4. The number of para-hydroxylation sites is 2. The summed E-state index contributed by atoms with van der Waals surface area (Å²) in [7, 11) is 1.29. The third kappa shape index (κ3) is 3.09. The Bertz CT molecular complexity index is 451. The van der Waals surface area contributed by atoms with E-state index in [-0.39, 0.29) is 0 Å². The number of ether oxygens (including phenoxy) is 1. The smallest absolute Gasteiger partial charge is 0.283 e. The van der Waals surface area contributed by atoms with Crippen molar-refractivity contribution in [3.63, 3.8) is 0 Å². The maximum atomic E-state index is 13.2. The van der Waals surface area contributed by atoms with E-state index in [1.165, 1.54) is 12.0 Å². The van der Waals surface area contributed by atoms with E-state index in [9.17, 15) is 8.78 Å². The summed E-state index contributed by atoms with van der Waals surface area (Å²) in [5, 5.41) is 0. The number of rotatable bonds is 5. The topological polar surface area (TPSA) is 12.5 Å². The molecule has 19 heavy (non-hydrogen) atoms. The van der Waals surface area contributed by atoms with Crippen LogP contribution in [-0.4, -0.2) is 19.8 Å². The van der Waals surface area contributed by atoms with Crippen molar-refractivity contribution in [1.82, 2.24) is 0 Å². The van der Waals surface area contributed by atoms with E-state index in [0.717, 1.165) is 0 Å². The van der Waals surface area contributed by atoms with Crippen LogP contribution in [0.5, 0.6) is 0 Å². The van der Waals surface area contributed by atoms with Gasteiger partial charge in [-0.15, -0.1) is 0 Å². The second kappa shape index (κ2) is 6.29. The Balaban J connectivity index is 2.45. The predicted molar refractivity (Wildman–Crippen MR) is 71.8 cm³/mol. The van der Waals surface area contributed by atoms with Crippen LogP contribution in [0.25, 0.3) is 0 Å². The Hall–Kier alpha value is -1.94. The molecule has 0 aromatic heterocycles. The largest absolute Gasteiger partial charge is 0.355 e. The standard InChI is InChI=1S/C15H15F2NO/c1-19-15(14(16)17)18(12-8-4-2-5-9-12)13-10-6-3-7-11-13/h2-11,14-15H,1H3. The predicted octanol–water partition coefficient (Wildman–Crippen LogP) is 4.06. The van der Waals surface area contributed by atoms with Crippen molar-refractivity contribution in [2.45, 2.75) is 12.7 Å². The highest BCUT2D eigenvalue weighted by atomic mass is 19.3. The molecule has 2 aromatic rings. The fourth-order valence-electron chi connectivity index (χ4n) is 1.94. The Morgan fingerprint density at radius 2 is 1.26 bits per heavy atom. The molecule has 0 fully saturated rings. The Morgan fingerprint density at radius 3 is 1.58 bits per heavy atom. The van der Waals surface area contributed by atoms with E-state index in [1.54, 1.807) is 24.3 Å². The summed E-state index contributed by atoms with van der Waals surface area (Å²) in [5.41, 5.74) is 1.33. The van der Waals surface area contributed by atoms with E-state index >= 15 is 0 Å². The molecule has 1 atom stereocenters. The summed E-state index contributed by atoms with van der Waals surface area (Å²) in [4.78, 5) is 1.49. The maximum Gasteiger partial charge on any atom is 0.283 e. The van der Waals surface area contributed by atoms with Gasteiger partial charge in [0.25, 0.3) is 6.43 Å². The minimum absolute atomic E-state index is 0.667. The lowest BCUT2D eigenvalue weighted by Gasteiger charge is -2.32. The molecule has 1 unspecified atom stereocenters. The number of anilines is 2. The van der Waals surface area contributed by atoms with Gasteiger partial charge in [0.1, 0.15) is 0 Å². The summed E-state index contributed by atoms with van der Waals surface area (Å²) >= 11 is 0. The van der Waals surface area contributed by atoms with E-state index in [0.29, 0.717) is 11.4 Å². The molecule has 0 N–H and O–H groups in total. The molecule has 2 nitrogen and oxygen atoms in total. The highest BCUT2D eigenvalue weighted by Gasteiger charge is 2.28. The number of hydrogen-bond acceptors (Lipinski definition) is 2. The molecule has 0 radical (unpaired) electrons. The van der Waals surface area contributed by atoms with Gasteiger partial charge in [-0.05, 0) is 24.3 Å².